The van der Waals surface area contributed by atoms with Crippen molar-refractivity contribution in [3.8, 4) is 11.5 Å². The molecule has 0 radical (unpaired) electrons. The average molecular weight is 358 g/mol. The zero-order valence-electron chi connectivity index (χ0n) is 13.7. The molecule has 7 heteroatoms. The van der Waals surface area contributed by atoms with Crippen molar-refractivity contribution in [2.75, 3.05) is 20.3 Å². The molecule has 0 aliphatic heterocycles. The van der Waals surface area contributed by atoms with Crippen LogP contribution in [-0.4, -0.2) is 30.7 Å². The van der Waals surface area contributed by atoms with Crippen LogP contribution in [0.3, 0.4) is 0 Å². The molecule has 0 bridgehead atoms. The summed E-state index contributed by atoms with van der Waals surface area (Å²) in [5.74, 6) is 1.24. The Morgan fingerprint density at radius 3 is 2.60 bits per heavy atom. The molecule has 6 nitrogen and oxygen atoms in total. The number of benzene rings is 2. The number of amides is 1. The molecule has 1 heterocycles. The van der Waals surface area contributed by atoms with E-state index in [4.69, 9.17) is 9.47 Å². The largest absolute Gasteiger partial charge is 0.497 e. The Hall–Kier alpha value is -2.80. The number of carbonyl (C=O) groups excluding carboxylic acids is 1. The maximum Gasteiger partial charge on any atom is 0.308 e. The molecule has 1 amide bonds. The normalized spacial score (nSPS) is 10.6. The summed E-state index contributed by atoms with van der Waals surface area (Å²) < 4.78 is 13.0. The first-order valence-electron chi connectivity index (χ1n) is 7.79. The maximum absolute atomic E-state index is 12.1. The van der Waals surface area contributed by atoms with Crippen molar-refractivity contribution in [1.82, 2.24) is 9.88 Å². The molecule has 130 valence electrons. The van der Waals surface area contributed by atoms with E-state index in [1.165, 1.54) is 4.57 Å². The molecule has 1 aromatic heterocycles. The van der Waals surface area contributed by atoms with Crippen LogP contribution < -0.4 is 19.7 Å². The van der Waals surface area contributed by atoms with Gasteiger partial charge in [0.25, 0.3) is 0 Å². The zero-order valence-corrected chi connectivity index (χ0v) is 14.5. The van der Waals surface area contributed by atoms with E-state index in [2.05, 4.69) is 5.32 Å². The SMILES string of the molecule is COc1ccc(OCCNC(=O)Cn2c(=O)sc3ccccc32)cc1. The Balaban J connectivity index is 1.49. The molecular weight excluding hydrogens is 340 g/mol. The summed E-state index contributed by atoms with van der Waals surface area (Å²) in [5.41, 5.74) is 0.780. The van der Waals surface area contributed by atoms with Gasteiger partial charge in [-0.05, 0) is 36.4 Å². The van der Waals surface area contributed by atoms with Gasteiger partial charge in [-0.1, -0.05) is 23.5 Å². The fraction of sp³-hybridized carbons (Fsp3) is 0.222. The molecular formula is C18H18N2O4S. The first-order chi connectivity index (χ1) is 12.2. The van der Waals surface area contributed by atoms with E-state index in [0.29, 0.717) is 18.9 Å². The summed E-state index contributed by atoms with van der Waals surface area (Å²) in [6.45, 7) is 0.713. The van der Waals surface area contributed by atoms with Gasteiger partial charge in [0.2, 0.25) is 5.91 Å². The van der Waals surface area contributed by atoms with Crippen LogP contribution in [-0.2, 0) is 11.3 Å². The molecule has 0 aliphatic carbocycles. The minimum Gasteiger partial charge on any atom is -0.497 e. The van der Waals surface area contributed by atoms with E-state index < -0.39 is 0 Å². The van der Waals surface area contributed by atoms with Gasteiger partial charge in [0.15, 0.2) is 0 Å². The number of rotatable bonds is 7. The molecule has 0 saturated carbocycles. The van der Waals surface area contributed by atoms with Crippen LogP contribution >= 0.6 is 11.3 Å². The Morgan fingerprint density at radius 1 is 1.12 bits per heavy atom. The second-order valence-electron chi connectivity index (χ2n) is 5.30. The number of thiazole rings is 1. The summed E-state index contributed by atoms with van der Waals surface area (Å²) in [6.07, 6.45) is 0. The van der Waals surface area contributed by atoms with Crippen LogP contribution in [0.4, 0.5) is 0 Å². The molecule has 0 unspecified atom stereocenters. The summed E-state index contributed by atoms with van der Waals surface area (Å²) in [4.78, 5) is 23.9. The fourth-order valence-corrected chi connectivity index (χ4v) is 3.29. The van der Waals surface area contributed by atoms with Crippen molar-refractivity contribution in [1.29, 1.82) is 0 Å². The van der Waals surface area contributed by atoms with Crippen molar-refractivity contribution in [3.05, 3.63) is 58.2 Å². The fourth-order valence-electron chi connectivity index (χ4n) is 2.39. The zero-order chi connectivity index (χ0) is 17.6. The van der Waals surface area contributed by atoms with Crippen molar-refractivity contribution in [3.63, 3.8) is 0 Å². The van der Waals surface area contributed by atoms with Crippen molar-refractivity contribution < 1.29 is 14.3 Å². The molecule has 3 aromatic rings. The van der Waals surface area contributed by atoms with Crippen molar-refractivity contribution in [2.24, 2.45) is 0 Å². The second-order valence-corrected chi connectivity index (χ2v) is 6.29. The number of aromatic nitrogens is 1. The minimum atomic E-state index is -0.219. The Labute approximate surface area is 148 Å². The molecule has 3 rings (SSSR count). The third-order valence-corrected chi connectivity index (χ3v) is 4.59. The van der Waals surface area contributed by atoms with Gasteiger partial charge < -0.3 is 14.8 Å². The van der Waals surface area contributed by atoms with Crippen molar-refractivity contribution >= 4 is 27.5 Å². The first-order valence-corrected chi connectivity index (χ1v) is 8.61. The number of fused-ring (bicyclic) bond motifs is 1. The van der Waals surface area contributed by atoms with Crippen LogP contribution in [0.1, 0.15) is 0 Å². The number of para-hydroxylation sites is 1. The number of carbonyl (C=O) groups is 1. The summed E-state index contributed by atoms with van der Waals surface area (Å²) >= 11 is 1.14. The topological polar surface area (TPSA) is 69.6 Å². The highest BCUT2D eigenvalue weighted by molar-refractivity contribution is 7.16. The van der Waals surface area contributed by atoms with E-state index >= 15 is 0 Å². The average Bonchev–Trinajstić information content (AvgIpc) is 2.95. The van der Waals surface area contributed by atoms with Gasteiger partial charge >= 0.3 is 4.87 Å². The number of hydrogen-bond donors (Lipinski definition) is 1. The molecule has 25 heavy (non-hydrogen) atoms. The first kappa shape index (κ1) is 17.0. The number of hydrogen-bond acceptors (Lipinski definition) is 5. The van der Waals surface area contributed by atoms with Crippen LogP contribution in [0.15, 0.2) is 53.3 Å². The van der Waals surface area contributed by atoms with E-state index in [9.17, 15) is 9.59 Å². The van der Waals surface area contributed by atoms with E-state index in [1.54, 1.807) is 19.2 Å². The van der Waals surface area contributed by atoms with E-state index in [1.807, 2.05) is 36.4 Å². The smallest absolute Gasteiger partial charge is 0.308 e. The Kier molecular flexibility index (Phi) is 5.35. The van der Waals surface area contributed by atoms with Crippen LogP contribution in [0, 0.1) is 0 Å². The number of methoxy groups -OCH3 is 1. The molecule has 0 saturated heterocycles. The maximum atomic E-state index is 12.1. The summed E-state index contributed by atoms with van der Waals surface area (Å²) in [7, 11) is 1.60. The van der Waals surface area contributed by atoms with Gasteiger partial charge in [0.1, 0.15) is 24.7 Å². The third-order valence-electron chi connectivity index (χ3n) is 3.63. The lowest BCUT2D eigenvalue weighted by Crippen LogP contribution is -2.33. The summed E-state index contributed by atoms with van der Waals surface area (Å²) in [6, 6.07) is 14.7. The second kappa shape index (κ2) is 7.85. The Morgan fingerprint density at radius 2 is 1.84 bits per heavy atom. The van der Waals surface area contributed by atoms with E-state index in [0.717, 1.165) is 27.3 Å². The monoisotopic (exact) mass is 358 g/mol. The molecule has 1 N–H and O–H groups in total. The minimum absolute atomic E-state index is 0.00534. The lowest BCUT2D eigenvalue weighted by Gasteiger charge is -2.09. The lowest BCUT2D eigenvalue weighted by atomic mass is 10.3. The summed E-state index contributed by atoms with van der Waals surface area (Å²) in [5, 5.41) is 2.76. The highest BCUT2D eigenvalue weighted by Gasteiger charge is 2.10. The number of nitrogens with one attached hydrogen (secondary N) is 1. The van der Waals surface area contributed by atoms with Crippen LogP contribution in [0.2, 0.25) is 0 Å². The molecule has 2 aromatic carbocycles. The standard InChI is InChI=1S/C18H18N2O4S/c1-23-13-6-8-14(9-7-13)24-11-10-19-17(21)12-20-15-4-2-3-5-16(15)25-18(20)22/h2-9H,10-12H2,1H3,(H,19,21). The van der Waals surface area contributed by atoms with Crippen LogP contribution in [0.5, 0.6) is 11.5 Å². The van der Waals surface area contributed by atoms with E-state index in [-0.39, 0.29) is 17.3 Å². The third kappa shape index (κ3) is 4.19. The molecule has 0 atom stereocenters. The number of ether oxygens (including phenoxy) is 2. The lowest BCUT2D eigenvalue weighted by molar-refractivity contribution is -0.121. The molecule has 0 spiro atoms. The van der Waals surface area contributed by atoms with Crippen molar-refractivity contribution in [2.45, 2.75) is 6.54 Å². The van der Waals surface area contributed by atoms with Gasteiger partial charge in [-0.15, -0.1) is 0 Å². The predicted octanol–water partition coefficient (Wildman–Crippen LogP) is 2.27. The van der Waals surface area contributed by atoms with Gasteiger partial charge in [0.05, 0.1) is 23.9 Å². The highest BCUT2D eigenvalue weighted by Crippen LogP contribution is 2.17. The van der Waals surface area contributed by atoms with Gasteiger partial charge in [-0.2, -0.15) is 0 Å². The molecule has 0 aliphatic rings. The van der Waals surface area contributed by atoms with Gasteiger partial charge in [-0.3, -0.25) is 14.2 Å². The number of nitrogens with zero attached hydrogens (tertiary/aromatic N) is 1. The van der Waals surface area contributed by atoms with Gasteiger partial charge in [0, 0.05) is 0 Å². The molecule has 0 fully saturated rings. The van der Waals surface area contributed by atoms with Gasteiger partial charge in [-0.25, -0.2) is 0 Å². The highest BCUT2D eigenvalue weighted by atomic mass is 32.1. The quantitative estimate of drug-likeness (QED) is 0.658. The predicted molar refractivity (Wildman–Crippen MR) is 97.6 cm³/mol. The van der Waals surface area contributed by atoms with Crippen LogP contribution in [0.25, 0.3) is 10.2 Å². The Bertz CT molecular complexity index is 915.